The van der Waals surface area contributed by atoms with Gasteiger partial charge in [-0.05, 0) is 33.2 Å². The number of hydrogen-bond donors (Lipinski definition) is 0. The van der Waals surface area contributed by atoms with Crippen molar-refractivity contribution in [2.24, 2.45) is 0 Å². The summed E-state index contributed by atoms with van der Waals surface area (Å²) in [5, 5.41) is 0. The Morgan fingerprint density at radius 2 is 1.82 bits per heavy atom. The molecule has 0 aliphatic carbocycles. The van der Waals surface area contributed by atoms with Gasteiger partial charge >= 0.3 is 0 Å². The quantitative estimate of drug-likeness (QED) is 0.469. The first kappa shape index (κ1) is 11.1. The van der Waals surface area contributed by atoms with Crippen LogP contribution < -0.4 is 0 Å². The van der Waals surface area contributed by atoms with Crippen molar-refractivity contribution < 1.29 is 4.43 Å². The van der Waals surface area contributed by atoms with E-state index in [4.69, 9.17) is 4.43 Å². The molecule has 3 heteroatoms. The molecule has 0 atom stereocenters. The minimum absolute atomic E-state index is 0.777. The summed E-state index contributed by atoms with van der Waals surface area (Å²) in [5.41, 5.74) is 0. The van der Waals surface area contributed by atoms with E-state index >= 15 is 0 Å². The molecule has 0 unspecified atom stereocenters. The Morgan fingerprint density at radius 1 is 1.27 bits per heavy atom. The molecule has 2 nitrogen and oxygen atoms in total. The molecule has 0 N–H and O–H groups in total. The first-order valence-electron chi connectivity index (χ1n) is 4.26. The maximum absolute atomic E-state index is 5.80. The summed E-state index contributed by atoms with van der Waals surface area (Å²) >= 11 is 0. The van der Waals surface area contributed by atoms with Gasteiger partial charge in [-0.2, -0.15) is 0 Å². The van der Waals surface area contributed by atoms with Crippen molar-refractivity contribution in [3.8, 4) is 0 Å². The lowest BCUT2D eigenvalue weighted by molar-refractivity contribution is 0.171. The van der Waals surface area contributed by atoms with Crippen LogP contribution in [0.2, 0.25) is 19.1 Å². The van der Waals surface area contributed by atoms with E-state index in [0.29, 0.717) is 0 Å². The zero-order chi connectivity index (χ0) is 8.91. The van der Waals surface area contributed by atoms with E-state index in [1.165, 1.54) is 12.5 Å². The summed E-state index contributed by atoms with van der Waals surface area (Å²) in [6.45, 7) is 7.55. The van der Waals surface area contributed by atoms with Gasteiger partial charge in [0.05, 0.1) is 6.73 Å². The van der Waals surface area contributed by atoms with Crippen LogP contribution in [-0.2, 0) is 4.43 Å². The van der Waals surface area contributed by atoms with Crippen LogP contribution in [0.15, 0.2) is 0 Å². The maximum Gasteiger partial charge on any atom is 0.188 e. The van der Waals surface area contributed by atoms with Gasteiger partial charge in [-0.15, -0.1) is 0 Å². The molecule has 0 heterocycles. The normalized spacial score (nSPS) is 12.5. The van der Waals surface area contributed by atoms with Crippen LogP contribution in [0, 0.1) is 0 Å². The smallest absolute Gasteiger partial charge is 0.188 e. The second-order valence-corrected chi connectivity index (χ2v) is 8.17. The van der Waals surface area contributed by atoms with Crippen molar-refractivity contribution >= 4 is 8.32 Å². The third-order valence-electron chi connectivity index (χ3n) is 1.57. The number of nitrogens with zero attached hydrogens (tertiary/aromatic N) is 1. The van der Waals surface area contributed by atoms with E-state index in [1.54, 1.807) is 0 Å². The van der Waals surface area contributed by atoms with Crippen LogP contribution in [0.1, 0.15) is 13.3 Å². The molecule has 68 valence electrons. The number of rotatable bonds is 5. The Hall–Kier alpha value is 0.137. The summed E-state index contributed by atoms with van der Waals surface area (Å²) in [5.74, 6) is 0. The minimum Gasteiger partial charge on any atom is -0.405 e. The summed E-state index contributed by atoms with van der Waals surface area (Å²) in [7, 11) is 2.77. The van der Waals surface area contributed by atoms with E-state index in [0.717, 1.165) is 6.73 Å². The summed E-state index contributed by atoms with van der Waals surface area (Å²) < 4.78 is 5.80. The Kier molecular flexibility index (Phi) is 4.96. The van der Waals surface area contributed by atoms with Crippen molar-refractivity contribution in [2.45, 2.75) is 32.5 Å². The van der Waals surface area contributed by atoms with E-state index in [1.807, 2.05) is 14.1 Å². The van der Waals surface area contributed by atoms with Gasteiger partial charge in [0.25, 0.3) is 0 Å². The van der Waals surface area contributed by atoms with Crippen LogP contribution >= 0.6 is 0 Å². The van der Waals surface area contributed by atoms with Crippen molar-refractivity contribution in [2.75, 3.05) is 20.8 Å². The molecule has 0 aromatic carbocycles. The highest BCUT2D eigenvalue weighted by Gasteiger charge is 2.20. The molecular formula is C8H21NOSi. The summed E-state index contributed by atoms with van der Waals surface area (Å²) in [6, 6.07) is 1.26. The van der Waals surface area contributed by atoms with Crippen LogP contribution in [-0.4, -0.2) is 34.0 Å². The van der Waals surface area contributed by atoms with Gasteiger partial charge in [0.2, 0.25) is 0 Å². The van der Waals surface area contributed by atoms with Gasteiger partial charge in [-0.25, -0.2) is 0 Å². The van der Waals surface area contributed by atoms with Gasteiger partial charge in [-0.3, -0.25) is 4.90 Å². The van der Waals surface area contributed by atoms with Gasteiger partial charge < -0.3 is 4.43 Å². The molecule has 0 saturated carbocycles. The Balaban J connectivity index is 3.54. The first-order chi connectivity index (χ1) is 4.98. The highest BCUT2D eigenvalue weighted by molar-refractivity contribution is 6.71. The van der Waals surface area contributed by atoms with Crippen molar-refractivity contribution in [3.05, 3.63) is 0 Å². The molecule has 0 aliphatic rings. The molecule has 0 radical (unpaired) electrons. The average molecular weight is 175 g/mol. The Labute approximate surface area is 71.7 Å². The third kappa shape index (κ3) is 6.53. The topological polar surface area (TPSA) is 12.5 Å². The van der Waals surface area contributed by atoms with Gasteiger partial charge in [0, 0.05) is 0 Å². The zero-order valence-corrected chi connectivity index (χ0v) is 9.48. The van der Waals surface area contributed by atoms with Crippen molar-refractivity contribution in [1.82, 2.24) is 4.90 Å². The molecule has 0 fully saturated rings. The van der Waals surface area contributed by atoms with Crippen LogP contribution in [0.25, 0.3) is 0 Å². The van der Waals surface area contributed by atoms with Gasteiger partial charge in [-0.1, -0.05) is 13.3 Å². The third-order valence-corrected chi connectivity index (χ3v) is 4.18. The number of hydrogen-bond acceptors (Lipinski definition) is 2. The fourth-order valence-electron chi connectivity index (χ4n) is 0.978. The molecular weight excluding hydrogens is 154 g/mol. The first-order valence-corrected chi connectivity index (χ1v) is 7.38. The molecule has 0 aromatic heterocycles. The Bertz CT molecular complexity index is 104. The summed E-state index contributed by atoms with van der Waals surface area (Å²) in [6.07, 6.45) is 1.24. The molecule has 0 saturated heterocycles. The van der Waals surface area contributed by atoms with Crippen LogP contribution in [0.5, 0.6) is 0 Å². The lowest BCUT2D eigenvalue weighted by Crippen LogP contribution is -2.34. The SMILES string of the molecule is CCC[Si](C)(C)OCN(C)C. The zero-order valence-electron chi connectivity index (χ0n) is 8.48. The largest absolute Gasteiger partial charge is 0.405 e. The second kappa shape index (κ2) is 4.90. The lowest BCUT2D eigenvalue weighted by Gasteiger charge is -2.24. The lowest BCUT2D eigenvalue weighted by atomic mass is 10.6. The maximum atomic E-state index is 5.80. The van der Waals surface area contributed by atoms with Crippen LogP contribution in [0.4, 0.5) is 0 Å². The molecule has 0 bridgehead atoms. The monoisotopic (exact) mass is 175 g/mol. The molecule has 0 rings (SSSR count). The van der Waals surface area contributed by atoms with Crippen molar-refractivity contribution in [1.29, 1.82) is 0 Å². The Morgan fingerprint density at radius 3 is 2.18 bits per heavy atom. The highest BCUT2D eigenvalue weighted by atomic mass is 28.4. The highest BCUT2D eigenvalue weighted by Crippen LogP contribution is 2.12. The predicted octanol–water partition coefficient (Wildman–Crippen LogP) is 2.14. The molecule has 0 aliphatic heterocycles. The fraction of sp³-hybridized carbons (Fsp3) is 1.00. The van der Waals surface area contributed by atoms with E-state index in [2.05, 4.69) is 24.9 Å². The molecule has 0 spiro atoms. The van der Waals surface area contributed by atoms with E-state index < -0.39 is 8.32 Å². The average Bonchev–Trinajstić information content (AvgIpc) is 1.84. The molecule has 11 heavy (non-hydrogen) atoms. The summed E-state index contributed by atoms with van der Waals surface area (Å²) in [4.78, 5) is 2.07. The second-order valence-electron chi connectivity index (χ2n) is 3.86. The molecule has 0 aromatic rings. The van der Waals surface area contributed by atoms with E-state index in [9.17, 15) is 0 Å². The van der Waals surface area contributed by atoms with Crippen LogP contribution in [0.3, 0.4) is 0 Å². The van der Waals surface area contributed by atoms with Gasteiger partial charge in [0.15, 0.2) is 8.32 Å². The standard InChI is InChI=1S/C8H21NOSi/c1-6-7-11(4,5)10-8-9(2)3/h6-8H2,1-5H3. The van der Waals surface area contributed by atoms with E-state index in [-0.39, 0.29) is 0 Å². The minimum atomic E-state index is -1.31. The fourth-order valence-corrected chi connectivity index (χ4v) is 2.93. The van der Waals surface area contributed by atoms with Crippen molar-refractivity contribution in [3.63, 3.8) is 0 Å². The van der Waals surface area contributed by atoms with Gasteiger partial charge in [0.1, 0.15) is 0 Å². The predicted molar refractivity (Wildman–Crippen MR) is 52.2 cm³/mol. The molecule has 0 amide bonds.